The summed E-state index contributed by atoms with van der Waals surface area (Å²) >= 11 is 1.75. The monoisotopic (exact) mass is 639 g/mol. The molecule has 0 fully saturated rings. The van der Waals surface area contributed by atoms with Gasteiger partial charge in [0.1, 0.15) is 11.5 Å². The molecular formula is C31H34IN3O2S. The van der Waals surface area contributed by atoms with Gasteiger partial charge >= 0.3 is 0 Å². The molecule has 0 aliphatic carbocycles. The average molecular weight is 640 g/mol. The van der Waals surface area contributed by atoms with Gasteiger partial charge in [-0.25, -0.2) is 4.99 Å². The van der Waals surface area contributed by atoms with Crippen molar-refractivity contribution in [3.05, 3.63) is 114 Å². The molecule has 0 radical (unpaired) electrons. The normalized spacial score (nSPS) is 10.9. The quantitative estimate of drug-likeness (QED) is 0.107. The molecule has 0 spiro atoms. The first-order valence-electron chi connectivity index (χ1n) is 12.3. The number of anilines is 2. The molecule has 4 aromatic rings. The minimum absolute atomic E-state index is 0. The molecule has 7 heteroatoms. The number of nitrogens with one attached hydrogen (secondary N) is 1. The molecule has 1 N–H and O–H groups in total. The number of amidine groups is 1. The summed E-state index contributed by atoms with van der Waals surface area (Å²) in [4.78, 5) is 7.41. The van der Waals surface area contributed by atoms with Crippen LogP contribution in [0.2, 0.25) is 0 Å². The highest BCUT2D eigenvalue weighted by molar-refractivity contribution is 14.0. The SMILES string of the molecule is CCSC(=Nc1ccc(Nc2ccccc2)cc1)N(Cc1ccc(OC)cc1)Cc1ccc(OC)cc1.I. The Labute approximate surface area is 247 Å². The maximum atomic E-state index is 5.35. The lowest BCUT2D eigenvalue weighted by atomic mass is 10.1. The number of methoxy groups -OCH3 is 2. The van der Waals surface area contributed by atoms with Crippen molar-refractivity contribution in [2.24, 2.45) is 4.99 Å². The third-order valence-corrected chi connectivity index (χ3v) is 6.66. The minimum Gasteiger partial charge on any atom is -0.497 e. The second-order valence-electron chi connectivity index (χ2n) is 8.42. The first-order chi connectivity index (χ1) is 18.2. The highest BCUT2D eigenvalue weighted by Crippen LogP contribution is 2.25. The zero-order chi connectivity index (χ0) is 25.9. The lowest BCUT2D eigenvalue weighted by molar-refractivity contribution is 0.405. The van der Waals surface area contributed by atoms with Gasteiger partial charge in [-0.15, -0.1) is 24.0 Å². The van der Waals surface area contributed by atoms with Crippen molar-refractivity contribution >= 4 is 58.0 Å². The minimum atomic E-state index is 0. The number of para-hydroxylation sites is 1. The molecule has 0 unspecified atom stereocenters. The second kappa shape index (κ2) is 15.3. The Morgan fingerprint density at radius 2 is 1.21 bits per heavy atom. The number of hydrogen-bond donors (Lipinski definition) is 1. The van der Waals surface area contributed by atoms with Crippen molar-refractivity contribution in [1.29, 1.82) is 0 Å². The Bertz CT molecular complexity index is 1220. The summed E-state index contributed by atoms with van der Waals surface area (Å²) in [6.45, 7) is 3.62. The number of halogens is 1. The molecule has 4 rings (SSSR count). The van der Waals surface area contributed by atoms with Crippen LogP contribution in [0.25, 0.3) is 0 Å². The first kappa shape index (κ1) is 29.4. The molecule has 0 heterocycles. The Kier molecular flexibility index (Phi) is 11.8. The Balaban J connectivity index is 0.00000400. The van der Waals surface area contributed by atoms with Crippen LogP contribution in [0.4, 0.5) is 17.1 Å². The van der Waals surface area contributed by atoms with Crippen LogP contribution in [0.15, 0.2) is 108 Å². The Hall–Kier alpha value is -3.17. The summed E-state index contributed by atoms with van der Waals surface area (Å²) in [5.74, 6) is 2.63. The standard InChI is InChI=1S/C31H33N3O2S.HI/c1-4-37-31(33-28-16-14-27(15-17-28)32-26-8-6-5-7-9-26)34(22-24-10-18-29(35-2)19-11-24)23-25-12-20-30(36-3)21-13-25;/h5-21,32H,4,22-23H2,1-3H3;1H. The molecule has 0 aliphatic rings. The second-order valence-corrected chi connectivity index (χ2v) is 9.65. The van der Waals surface area contributed by atoms with E-state index in [-0.39, 0.29) is 24.0 Å². The molecule has 198 valence electrons. The van der Waals surface area contributed by atoms with Gasteiger partial charge in [0, 0.05) is 24.5 Å². The molecule has 38 heavy (non-hydrogen) atoms. The molecule has 0 saturated heterocycles. The zero-order valence-corrected chi connectivity index (χ0v) is 25.1. The molecule has 0 amide bonds. The van der Waals surface area contributed by atoms with E-state index in [1.807, 2.05) is 42.5 Å². The highest BCUT2D eigenvalue weighted by atomic mass is 127. The predicted molar refractivity (Wildman–Crippen MR) is 172 cm³/mol. The Morgan fingerprint density at radius 3 is 1.68 bits per heavy atom. The molecule has 4 aromatic carbocycles. The van der Waals surface area contributed by atoms with E-state index in [1.54, 1.807) is 26.0 Å². The fourth-order valence-corrected chi connectivity index (χ4v) is 4.57. The summed E-state index contributed by atoms with van der Waals surface area (Å²) in [6.07, 6.45) is 0. The van der Waals surface area contributed by atoms with E-state index < -0.39 is 0 Å². The number of aliphatic imine (C=N–C) groups is 1. The van der Waals surface area contributed by atoms with Gasteiger partial charge in [0.15, 0.2) is 5.17 Å². The van der Waals surface area contributed by atoms with Gasteiger partial charge in [-0.05, 0) is 77.5 Å². The van der Waals surface area contributed by atoms with Crippen LogP contribution < -0.4 is 14.8 Å². The fourth-order valence-electron chi connectivity index (χ4n) is 3.84. The van der Waals surface area contributed by atoms with Crippen LogP contribution in [0.3, 0.4) is 0 Å². The summed E-state index contributed by atoms with van der Waals surface area (Å²) in [7, 11) is 3.38. The van der Waals surface area contributed by atoms with E-state index in [0.29, 0.717) is 0 Å². The van der Waals surface area contributed by atoms with Gasteiger partial charge in [0.25, 0.3) is 0 Å². The van der Waals surface area contributed by atoms with E-state index in [0.717, 1.165) is 52.6 Å². The smallest absolute Gasteiger partial charge is 0.164 e. The predicted octanol–water partition coefficient (Wildman–Crippen LogP) is 8.51. The number of ether oxygens (including phenoxy) is 2. The van der Waals surface area contributed by atoms with Crippen LogP contribution in [0.5, 0.6) is 11.5 Å². The van der Waals surface area contributed by atoms with Crippen molar-refractivity contribution in [3.8, 4) is 11.5 Å². The topological polar surface area (TPSA) is 46.1 Å². The maximum absolute atomic E-state index is 5.35. The highest BCUT2D eigenvalue weighted by Gasteiger charge is 2.14. The molecule has 0 atom stereocenters. The van der Waals surface area contributed by atoms with Crippen LogP contribution >= 0.6 is 35.7 Å². The van der Waals surface area contributed by atoms with Crippen molar-refractivity contribution in [2.45, 2.75) is 20.0 Å². The van der Waals surface area contributed by atoms with Gasteiger partial charge in [0.2, 0.25) is 0 Å². The lowest BCUT2D eigenvalue weighted by Gasteiger charge is -2.26. The summed E-state index contributed by atoms with van der Waals surface area (Å²) in [5.41, 5.74) is 5.40. The van der Waals surface area contributed by atoms with Gasteiger partial charge in [0.05, 0.1) is 19.9 Å². The fraction of sp³-hybridized carbons (Fsp3) is 0.194. The number of rotatable bonds is 10. The summed E-state index contributed by atoms with van der Waals surface area (Å²) in [5, 5.41) is 4.42. The van der Waals surface area contributed by atoms with Gasteiger partial charge in [-0.3, -0.25) is 0 Å². The van der Waals surface area contributed by atoms with Crippen molar-refractivity contribution < 1.29 is 9.47 Å². The zero-order valence-electron chi connectivity index (χ0n) is 22.0. The molecule has 0 aliphatic heterocycles. The van der Waals surface area contributed by atoms with Crippen molar-refractivity contribution in [1.82, 2.24) is 4.90 Å². The number of benzene rings is 4. The summed E-state index contributed by atoms with van der Waals surface area (Å²) < 4.78 is 10.7. The van der Waals surface area contributed by atoms with Crippen LogP contribution in [0, 0.1) is 0 Å². The molecule has 5 nitrogen and oxygen atoms in total. The van der Waals surface area contributed by atoms with Gasteiger partial charge in [-0.1, -0.05) is 61.2 Å². The van der Waals surface area contributed by atoms with Gasteiger partial charge < -0.3 is 19.7 Å². The number of hydrogen-bond acceptors (Lipinski definition) is 5. The molecular weight excluding hydrogens is 605 g/mol. The number of thioether (sulfide) groups is 1. The van der Waals surface area contributed by atoms with E-state index >= 15 is 0 Å². The largest absolute Gasteiger partial charge is 0.497 e. The maximum Gasteiger partial charge on any atom is 0.164 e. The lowest BCUT2D eigenvalue weighted by Crippen LogP contribution is -2.28. The van der Waals surface area contributed by atoms with Crippen molar-refractivity contribution in [2.75, 3.05) is 25.3 Å². The van der Waals surface area contributed by atoms with E-state index in [4.69, 9.17) is 14.5 Å². The van der Waals surface area contributed by atoms with Crippen LogP contribution in [0.1, 0.15) is 18.1 Å². The van der Waals surface area contributed by atoms with Gasteiger partial charge in [-0.2, -0.15) is 0 Å². The average Bonchev–Trinajstić information content (AvgIpc) is 2.95. The summed E-state index contributed by atoms with van der Waals surface area (Å²) in [6, 6.07) is 34.9. The number of nitrogens with zero attached hydrogens (tertiary/aromatic N) is 2. The van der Waals surface area contributed by atoms with Crippen molar-refractivity contribution in [3.63, 3.8) is 0 Å². The third-order valence-electron chi connectivity index (χ3n) is 5.76. The molecule has 0 saturated carbocycles. The van der Waals surface area contributed by atoms with Crippen LogP contribution in [-0.4, -0.2) is 30.0 Å². The van der Waals surface area contributed by atoms with Crippen LogP contribution in [-0.2, 0) is 13.1 Å². The van der Waals surface area contributed by atoms with E-state index in [9.17, 15) is 0 Å². The van der Waals surface area contributed by atoms with E-state index in [1.165, 1.54) is 11.1 Å². The Morgan fingerprint density at radius 1 is 0.711 bits per heavy atom. The first-order valence-corrected chi connectivity index (χ1v) is 13.3. The molecule has 0 bridgehead atoms. The third kappa shape index (κ3) is 8.70. The molecule has 0 aromatic heterocycles. The van der Waals surface area contributed by atoms with E-state index in [2.05, 4.69) is 77.8 Å².